The van der Waals surface area contributed by atoms with Crippen LogP contribution in [0.15, 0.2) is 53.9 Å². The van der Waals surface area contributed by atoms with E-state index in [2.05, 4.69) is 15.6 Å². The van der Waals surface area contributed by atoms with Crippen LogP contribution in [0.25, 0.3) is 11.3 Å². The van der Waals surface area contributed by atoms with Gasteiger partial charge in [-0.3, -0.25) is 14.9 Å². The molecule has 2 aromatic carbocycles. The third-order valence-electron chi connectivity index (χ3n) is 4.04. The van der Waals surface area contributed by atoms with Gasteiger partial charge in [0.05, 0.1) is 17.2 Å². The maximum Gasteiger partial charge on any atom is 0.270 e. The van der Waals surface area contributed by atoms with Crippen LogP contribution in [0.5, 0.6) is 0 Å². The van der Waals surface area contributed by atoms with Crippen LogP contribution in [0.1, 0.15) is 18.5 Å². The van der Waals surface area contributed by atoms with Crippen LogP contribution in [-0.2, 0) is 4.79 Å². The first-order chi connectivity index (χ1) is 13.4. The lowest BCUT2D eigenvalue weighted by Crippen LogP contribution is -2.30. The third-order valence-corrected chi connectivity index (χ3v) is 5.15. The molecule has 0 saturated carbocycles. The van der Waals surface area contributed by atoms with Crippen LogP contribution in [0.3, 0.4) is 0 Å². The molecule has 0 spiro atoms. The van der Waals surface area contributed by atoms with Gasteiger partial charge < -0.3 is 10.6 Å². The summed E-state index contributed by atoms with van der Waals surface area (Å²) in [6.07, 6.45) is 0. The first-order valence-electron chi connectivity index (χ1n) is 8.42. The van der Waals surface area contributed by atoms with E-state index in [0.717, 1.165) is 5.56 Å². The Hall–Kier alpha value is -2.81. The maximum atomic E-state index is 12.2. The molecule has 7 nitrogen and oxygen atoms in total. The zero-order valence-electron chi connectivity index (χ0n) is 14.9. The van der Waals surface area contributed by atoms with Crippen molar-refractivity contribution in [3.63, 3.8) is 0 Å². The molecule has 28 heavy (non-hydrogen) atoms. The summed E-state index contributed by atoms with van der Waals surface area (Å²) in [6.45, 7) is 2.02. The number of benzene rings is 2. The molecular formula is C19H17ClN4O3S. The lowest BCUT2D eigenvalue weighted by Gasteiger charge is -2.15. The fourth-order valence-corrected chi connectivity index (χ4v) is 3.62. The molecule has 0 radical (unpaired) electrons. The number of aromatic nitrogens is 1. The van der Waals surface area contributed by atoms with Crippen LogP contribution < -0.4 is 10.6 Å². The number of hydrogen-bond acceptors (Lipinski definition) is 6. The van der Waals surface area contributed by atoms with Crippen molar-refractivity contribution in [1.29, 1.82) is 0 Å². The average molecular weight is 417 g/mol. The summed E-state index contributed by atoms with van der Waals surface area (Å²) in [6, 6.07) is 13.6. The van der Waals surface area contributed by atoms with Crippen molar-refractivity contribution < 1.29 is 9.72 Å². The fourth-order valence-electron chi connectivity index (χ4n) is 2.59. The Labute approximate surface area is 170 Å². The summed E-state index contributed by atoms with van der Waals surface area (Å²) in [5.74, 6) is -0.237. The first kappa shape index (κ1) is 19.9. The van der Waals surface area contributed by atoms with Crippen molar-refractivity contribution in [3.8, 4) is 11.3 Å². The Balaban J connectivity index is 1.59. The lowest BCUT2D eigenvalue weighted by molar-refractivity contribution is -0.384. The number of carbonyl (C=O) groups excluding carboxylic acids is 1. The largest absolute Gasteiger partial charge is 0.302 e. The number of nitro benzene ring substituents is 1. The molecule has 1 amide bonds. The highest BCUT2D eigenvalue weighted by atomic mass is 35.5. The number of halogens is 1. The molecule has 0 fully saturated rings. The minimum atomic E-state index is -0.454. The van der Waals surface area contributed by atoms with Crippen molar-refractivity contribution in [2.75, 3.05) is 11.9 Å². The van der Waals surface area contributed by atoms with E-state index in [1.807, 2.05) is 25.1 Å². The van der Waals surface area contributed by atoms with E-state index < -0.39 is 4.92 Å². The molecular weight excluding hydrogens is 400 g/mol. The lowest BCUT2D eigenvalue weighted by atomic mass is 10.1. The van der Waals surface area contributed by atoms with Gasteiger partial charge in [0.2, 0.25) is 5.91 Å². The van der Waals surface area contributed by atoms with Crippen LogP contribution in [-0.4, -0.2) is 22.4 Å². The predicted molar refractivity (Wildman–Crippen MR) is 111 cm³/mol. The van der Waals surface area contributed by atoms with Crippen LogP contribution >= 0.6 is 22.9 Å². The highest BCUT2D eigenvalue weighted by molar-refractivity contribution is 7.14. The summed E-state index contributed by atoms with van der Waals surface area (Å²) in [4.78, 5) is 27.0. The molecule has 1 atom stereocenters. The Morgan fingerprint density at radius 3 is 2.82 bits per heavy atom. The molecule has 144 valence electrons. The summed E-state index contributed by atoms with van der Waals surface area (Å²) in [7, 11) is 0. The van der Waals surface area contributed by atoms with Gasteiger partial charge in [0.1, 0.15) is 0 Å². The quantitative estimate of drug-likeness (QED) is 0.431. The van der Waals surface area contributed by atoms with Crippen molar-refractivity contribution in [2.45, 2.75) is 13.0 Å². The van der Waals surface area contributed by atoms with Gasteiger partial charge in [0, 0.05) is 34.1 Å². The molecule has 3 rings (SSSR count). The van der Waals surface area contributed by atoms with Crippen molar-refractivity contribution in [2.24, 2.45) is 0 Å². The number of non-ortho nitro benzene ring substituents is 1. The van der Waals surface area contributed by atoms with Gasteiger partial charge in [0.15, 0.2) is 5.13 Å². The van der Waals surface area contributed by atoms with Gasteiger partial charge in [-0.2, -0.15) is 0 Å². The number of nitrogens with zero attached hydrogens (tertiary/aromatic N) is 2. The fraction of sp³-hybridized carbons (Fsp3) is 0.158. The molecule has 3 aromatic rings. The van der Waals surface area contributed by atoms with Crippen molar-refractivity contribution in [3.05, 3.63) is 74.6 Å². The minimum Gasteiger partial charge on any atom is -0.302 e. The molecule has 2 N–H and O–H groups in total. The first-order valence-corrected chi connectivity index (χ1v) is 9.68. The van der Waals surface area contributed by atoms with Gasteiger partial charge in [-0.05, 0) is 18.6 Å². The third kappa shape index (κ3) is 4.92. The number of anilines is 1. The van der Waals surface area contributed by atoms with E-state index in [-0.39, 0.29) is 24.2 Å². The van der Waals surface area contributed by atoms with E-state index in [9.17, 15) is 14.9 Å². The van der Waals surface area contributed by atoms with Crippen molar-refractivity contribution in [1.82, 2.24) is 10.3 Å². The Morgan fingerprint density at radius 2 is 2.07 bits per heavy atom. The summed E-state index contributed by atoms with van der Waals surface area (Å²) in [5.41, 5.74) is 2.10. The van der Waals surface area contributed by atoms with E-state index in [4.69, 9.17) is 11.6 Å². The van der Waals surface area contributed by atoms with Crippen LogP contribution in [0, 0.1) is 10.1 Å². The Kier molecular flexibility index (Phi) is 6.35. The number of nitro groups is 1. The monoisotopic (exact) mass is 416 g/mol. The number of rotatable bonds is 7. The zero-order chi connectivity index (χ0) is 20.1. The number of amides is 1. The number of hydrogen-bond donors (Lipinski definition) is 2. The molecule has 0 aliphatic rings. The molecule has 0 aliphatic heterocycles. The molecule has 0 aliphatic carbocycles. The zero-order valence-corrected chi connectivity index (χ0v) is 16.5. The number of carbonyl (C=O) groups is 1. The smallest absolute Gasteiger partial charge is 0.270 e. The van der Waals surface area contributed by atoms with E-state index in [0.29, 0.717) is 21.4 Å². The predicted octanol–water partition coefficient (Wildman–Crippen LogP) is 4.66. The van der Waals surface area contributed by atoms with E-state index in [1.165, 1.54) is 23.5 Å². The Morgan fingerprint density at radius 1 is 1.29 bits per heavy atom. The maximum absolute atomic E-state index is 12.2. The standard InChI is InChI=1S/C19H17ClN4O3S/c1-12(15-7-2-3-8-16(15)20)21-10-18(25)23-19-22-17(11-28-19)13-5-4-6-14(9-13)24(26)27/h2-9,11-12,21H,10H2,1H3,(H,22,23,25). The molecule has 1 aromatic heterocycles. The van der Waals surface area contributed by atoms with Gasteiger partial charge in [-0.1, -0.05) is 41.9 Å². The number of thiazole rings is 1. The minimum absolute atomic E-state index is 0.00570. The highest BCUT2D eigenvalue weighted by Crippen LogP contribution is 2.27. The molecule has 0 bridgehead atoms. The summed E-state index contributed by atoms with van der Waals surface area (Å²) in [5, 5.41) is 19.6. The Bertz CT molecular complexity index is 1010. The average Bonchev–Trinajstić information content (AvgIpc) is 3.15. The van der Waals surface area contributed by atoms with Gasteiger partial charge in [-0.15, -0.1) is 11.3 Å². The van der Waals surface area contributed by atoms with E-state index >= 15 is 0 Å². The molecule has 1 unspecified atom stereocenters. The normalized spacial score (nSPS) is 11.8. The van der Waals surface area contributed by atoms with Gasteiger partial charge in [0.25, 0.3) is 5.69 Å². The van der Waals surface area contributed by atoms with Crippen LogP contribution in [0.2, 0.25) is 5.02 Å². The van der Waals surface area contributed by atoms with Crippen LogP contribution in [0.4, 0.5) is 10.8 Å². The van der Waals surface area contributed by atoms with Gasteiger partial charge in [-0.25, -0.2) is 4.98 Å². The molecule has 1 heterocycles. The summed E-state index contributed by atoms with van der Waals surface area (Å²) < 4.78 is 0. The second kappa shape index (κ2) is 8.92. The topological polar surface area (TPSA) is 97.2 Å². The summed E-state index contributed by atoms with van der Waals surface area (Å²) >= 11 is 7.42. The van der Waals surface area contributed by atoms with Crippen molar-refractivity contribution >= 4 is 39.7 Å². The highest BCUT2D eigenvalue weighted by Gasteiger charge is 2.13. The number of nitrogens with one attached hydrogen (secondary N) is 2. The van der Waals surface area contributed by atoms with E-state index in [1.54, 1.807) is 23.6 Å². The molecule has 0 saturated heterocycles. The second-order valence-corrected chi connectivity index (χ2v) is 7.28. The SMILES string of the molecule is CC(NCC(=O)Nc1nc(-c2cccc([N+](=O)[O-])c2)cs1)c1ccccc1Cl. The van der Waals surface area contributed by atoms with Gasteiger partial charge >= 0.3 is 0 Å². The second-order valence-electron chi connectivity index (χ2n) is 6.02. The molecule has 9 heteroatoms.